The van der Waals surface area contributed by atoms with E-state index in [2.05, 4.69) is 19.2 Å². The fourth-order valence-corrected chi connectivity index (χ4v) is 3.07. The number of nitrogens with one attached hydrogen (secondary N) is 1. The van der Waals surface area contributed by atoms with Crippen LogP contribution in [0.2, 0.25) is 0 Å². The molecule has 0 radical (unpaired) electrons. The number of hydrogen-bond donors (Lipinski definition) is 1. The molecule has 1 heterocycles. The van der Waals surface area contributed by atoms with Gasteiger partial charge >= 0.3 is 0 Å². The van der Waals surface area contributed by atoms with Crippen LogP contribution in [0.5, 0.6) is 0 Å². The van der Waals surface area contributed by atoms with Crippen LogP contribution >= 0.6 is 0 Å². The molecule has 1 saturated carbocycles. The Morgan fingerprint density at radius 3 is 2.75 bits per heavy atom. The molecule has 0 amide bonds. The fraction of sp³-hybridized carbons (Fsp3) is 1.00. The molecule has 2 unspecified atom stereocenters. The van der Waals surface area contributed by atoms with E-state index in [1.54, 1.807) is 0 Å². The molecule has 0 aromatic rings. The van der Waals surface area contributed by atoms with Crippen molar-refractivity contribution in [2.24, 2.45) is 17.3 Å². The lowest BCUT2D eigenvalue weighted by atomic mass is 9.81. The highest BCUT2D eigenvalue weighted by Crippen LogP contribution is 2.30. The first-order chi connectivity index (χ1) is 7.68. The molecule has 2 nitrogen and oxygen atoms in total. The molecule has 0 bridgehead atoms. The Balaban J connectivity index is 1.54. The number of rotatable bonds is 5. The molecule has 2 aliphatic rings. The van der Waals surface area contributed by atoms with E-state index in [0.717, 1.165) is 31.6 Å². The van der Waals surface area contributed by atoms with Gasteiger partial charge < -0.3 is 10.1 Å². The summed E-state index contributed by atoms with van der Waals surface area (Å²) < 4.78 is 5.26. The third kappa shape index (κ3) is 3.46. The molecule has 1 aliphatic carbocycles. The third-order valence-corrected chi connectivity index (χ3v) is 4.23. The van der Waals surface area contributed by atoms with Crippen molar-refractivity contribution in [3.05, 3.63) is 0 Å². The molecule has 2 fully saturated rings. The van der Waals surface area contributed by atoms with E-state index < -0.39 is 0 Å². The molecular weight excluding hydrogens is 198 g/mol. The van der Waals surface area contributed by atoms with Gasteiger partial charge in [-0.15, -0.1) is 0 Å². The Hall–Kier alpha value is -0.0800. The average Bonchev–Trinajstić information content (AvgIpc) is 2.22. The zero-order chi connectivity index (χ0) is 11.4. The Morgan fingerprint density at radius 1 is 1.31 bits per heavy atom. The maximum absolute atomic E-state index is 5.26. The van der Waals surface area contributed by atoms with E-state index in [-0.39, 0.29) is 0 Å². The minimum Gasteiger partial charge on any atom is -0.380 e. The van der Waals surface area contributed by atoms with Crippen LogP contribution in [0.25, 0.3) is 0 Å². The first kappa shape index (κ1) is 12.4. The van der Waals surface area contributed by atoms with Crippen molar-refractivity contribution in [2.75, 3.05) is 26.3 Å². The van der Waals surface area contributed by atoms with Crippen molar-refractivity contribution in [3.8, 4) is 0 Å². The van der Waals surface area contributed by atoms with Gasteiger partial charge in [-0.25, -0.2) is 0 Å². The molecule has 2 rings (SSSR count). The lowest BCUT2D eigenvalue weighted by Gasteiger charge is -2.38. The van der Waals surface area contributed by atoms with Crippen LogP contribution in [-0.4, -0.2) is 26.3 Å². The van der Waals surface area contributed by atoms with Gasteiger partial charge in [0.2, 0.25) is 0 Å². The van der Waals surface area contributed by atoms with Crippen LogP contribution in [-0.2, 0) is 4.74 Å². The Labute approximate surface area is 100 Å². The Kier molecular flexibility index (Phi) is 4.26. The third-order valence-electron chi connectivity index (χ3n) is 4.23. The molecule has 0 aromatic heterocycles. The maximum Gasteiger partial charge on any atom is 0.0554 e. The fourth-order valence-electron chi connectivity index (χ4n) is 3.07. The first-order valence-corrected chi connectivity index (χ1v) is 6.96. The second kappa shape index (κ2) is 5.50. The lowest BCUT2D eigenvalue weighted by molar-refractivity contribution is -0.0990. The van der Waals surface area contributed by atoms with E-state index in [4.69, 9.17) is 4.74 Å². The Morgan fingerprint density at radius 2 is 2.12 bits per heavy atom. The van der Waals surface area contributed by atoms with Crippen molar-refractivity contribution in [1.82, 2.24) is 5.32 Å². The van der Waals surface area contributed by atoms with Crippen molar-refractivity contribution in [2.45, 2.75) is 46.0 Å². The monoisotopic (exact) mass is 225 g/mol. The van der Waals surface area contributed by atoms with Crippen molar-refractivity contribution in [1.29, 1.82) is 0 Å². The zero-order valence-corrected chi connectivity index (χ0v) is 10.9. The number of ether oxygens (including phenoxy) is 1. The van der Waals surface area contributed by atoms with Gasteiger partial charge in [0.25, 0.3) is 0 Å². The summed E-state index contributed by atoms with van der Waals surface area (Å²) in [5, 5.41) is 3.61. The predicted octanol–water partition coefficient (Wildman–Crippen LogP) is 2.83. The smallest absolute Gasteiger partial charge is 0.0554 e. The van der Waals surface area contributed by atoms with Gasteiger partial charge in [-0.1, -0.05) is 33.1 Å². The van der Waals surface area contributed by atoms with Crippen LogP contribution in [0.4, 0.5) is 0 Å². The molecule has 1 saturated heterocycles. The summed E-state index contributed by atoms with van der Waals surface area (Å²) in [4.78, 5) is 0. The summed E-state index contributed by atoms with van der Waals surface area (Å²) in [7, 11) is 0. The average molecular weight is 225 g/mol. The highest BCUT2D eigenvalue weighted by Gasteiger charge is 2.32. The number of hydrogen-bond acceptors (Lipinski definition) is 2. The normalized spacial score (nSPS) is 33.4. The SMILES string of the molecule is CC1CCCC(CCNCC2(C)COC2)C1. The zero-order valence-electron chi connectivity index (χ0n) is 10.9. The summed E-state index contributed by atoms with van der Waals surface area (Å²) in [6.45, 7) is 8.95. The topological polar surface area (TPSA) is 21.3 Å². The van der Waals surface area contributed by atoms with Gasteiger partial charge in [-0.3, -0.25) is 0 Å². The van der Waals surface area contributed by atoms with E-state index in [9.17, 15) is 0 Å². The second-order valence-corrected chi connectivity index (χ2v) is 6.41. The molecule has 2 atom stereocenters. The molecular formula is C14H27NO. The van der Waals surface area contributed by atoms with Gasteiger partial charge in [0, 0.05) is 12.0 Å². The highest BCUT2D eigenvalue weighted by atomic mass is 16.5. The quantitative estimate of drug-likeness (QED) is 0.726. The van der Waals surface area contributed by atoms with E-state index >= 15 is 0 Å². The minimum absolute atomic E-state index is 0.430. The van der Waals surface area contributed by atoms with Gasteiger partial charge in [0.15, 0.2) is 0 Å². The van der Waals surface area contributed by atoms with Crippen LogP contribution in [0.3, 0.4) is 0 Å². The Bertz CT molecular complexity index is 213. The van der Waals surface area contributed by atoms with Crippen LogP contribution in [0.15, 0.2) is 0 Å². The molecule has 1 aliphatic heterocycles. The summed E-state index contributed by atoms with van der Waals surface area (Å²) in [5.41, 5.74) is 0.430. The molecule has 2 heteroatoms. The molecule has 16 heavy (non-hydrogen) atoms. The lowest BCUT2D eigenvalue weighted by Crippen LogP contribution is -2.47. The van der Waals surface area contributed by atoms with Crippen molar-refractivity contribution in [3.63, 3.8) is 0 Å². The van der Waals surface area contributed by atoms with Gasteiger partial charge in [-0.2, -0.15) is 0 Å². The van der Waals surface area contributed by atoms with Gasteiger partial charge in [0.05, 0.1) is 13.2 Å². The first-order valence-electron chi connectivity index (χ1n) is 6.96. The van der Waals surface area contributed by atoms with Crippen molar-refractivity contribution >= 4 is 0 Å². The standard InChI is InChI=1S/C14H27NO/c1-12-4-3-5-13(8-12)6-7-15-9-14(2)10-16-11-14/h12-13,15H,3-11H2,1-2H3. The van der Waals surface area contributed by atoms with Crippen LogP contribution in [0, 0.1) is 17.3 Å². The summed E-state index contributed by atoms with van der Waals surface area (Å²) >= 11 is 0. The summed E-state index contributed by atoms with van der Waals surface area (Å²) in [6.07, 6.45) is 7.21. The van der Waals surface area contributed by atoms with E-state index in [1.165, 1.54) is 38.6 Å². The van der Waals surface area contributed by atoms with Crippen LogP contribution in [0.1, 0.15) is 46.0 Å². The summed E-state index contributed by atoms with van der Waals surface area (Å²) in [6, 6.07) is 0. The molecule has 94 valence electrons. The van der Waals surface area contributed by atoms with Crippen molar-refractivity contribution < 1.29 is 4.74 Å². The molecule has 0 spiro atoms. The predicted molar refractivity (Wildman–Crippen MR) is 67.5 cm³/mol. The largest absolute Gasteiger partial charge is 0.380 e. The van der Waals surface area contributed by atoms with E-state index in [1.807, 2.05) is 0 Å². The van der Waals surface area contributed by atoms with Crippen LogP contribution < -0.4 is 5.32 Å². The highest BCUT2D eigenvalue weighted by molar-refractivity contribution is 4.83. The van der Waals surface area contributed by atoms with Gasteiger partial charge in [-0.05, 0) is 31.2 Å². The van der Waals surface area contributed by atoms with Gasteiger partial charge in [0.1, 0.15) is 0 Å². The minimum atomic E-state index is 0.430. The summed E-state index contributed by atoms with van der Waals surface area (Å²) in [5.74, 6) is 1.96. The molecule has 0 aromatic carbocycles. The maximum atomic E-state index is 5.26. The van der Waals surface area contributed by atoms with E-state index in [0.29, 0.717) is 5.41 Å². The molecule has 1 N–H and O–H groups in total. The second-order valence-electron chi connectivity index (χ2n) is 6.41.